The van der Waals surface area contributed by atoms with Crippen molar-refractivity contribution in [2.45, 2.75) is 27.7 Å². The molecule has 0 aromatic heterocycles. The standard InChI is InChI=1S/C26H23ClN2O2/c1-15-8-13-21(14-17(15)3)28-24-23(19-9-11-20(27)12-10-19)25(30)29(26(24)31)22-7-5-6-16(2)18(22)4/h5-14,28H,1-4H3. The fraction of sp³-hybridized carbons (Fsp3) is 0.154. The molecule has 0 bridgehead atoms. The second-order valence-electron chi connectivity index (χ2n) is 7.85. The Morgan fingerprint density at radius 2 is 1.48 bits per heavy atom. The summed E-state index contributed by atoms with van der Waals surface area (Å²) in [6.07, 6.45) is 0. The fourth-order valence-electron chi connectivity index (χ4n) is 3.69. The van der Waals surface area contributed by atoms with Crippen LogP contribution in [0.2, 0.25) is 5.02 Å². The van der Waals surface area contributed by atoms with Crippen LogP contribution in [0.1, 0.15) is 27.8 Å². The maximum atomic E-state index is 13.6. The van der Waals surface area contributed by atoms with E-state index < -0.39 is 0 Å². The second-order valence-corrected chi connectivity index (χ2v) is 8.28. The van der Waals surface area contributed by atoms with E-state index in [9.17, 15) is 9.59 Å². The Hall–Kier alpha value is -3.37. The molecule has 0 radical (unpaired) electrons. The van der Waals surface area contributed by atoms with Crippen molar-refractivity contribution in [1.29, 1.82) is 0 Å². The lowest BCUT2D eigenvalue weighted by molar-refractivity contribution is -0.120. The van der Waals surface area contributed by atoms with Crippen molar-refractivity contribution < 1.29 is 9.59 Å². The van der Waals surface area contributed by atoms with Crippen LogP contribution >= 0.6 is 11.6 Å². The summed E-state index contributed by atoms with van der Waals surface area (Å²) in [7, 11) is 0. The molecule has 4 rings (SSSR count). The minimum Gasteiger partial charge on any atom is -0.350 e. The average Bonchev–Trinajstić information content (AvgIpc) is 2.97. The molecular formula is C26H23ClN2O2. The van der Waals surface area contributed by atoms with Gasteiger partial charge in [0.15, 0.2) is 0 Å². The number of benzene rings is 3. The van der Waals surface area contributed by atoms with Crippen molar-refractivity contribution in [3.05, 3.63) is 99.2 Å². The number of halogens is 1. The molecule has 4 nitrogen and oxygen atoms in total. The third-order valence-electron chi connectivity index (χ3n) is 5.81. The normalized spacial score (nSPS) is 13.9. The number of imide groups is 1. The van der Waals surface area contributed by atoms with E-state index in [-0.39, 0.29) is 17.5 Å². The van der Waals surface area contributed by atoms with Crippen molar-refractivity contribution in [1.82, 2.24) is 0 Å². The van der Waals surface area contributed by atoms with Crippen molar-refractivity contribution in [2.75, 3.05) is 10.2 Å². The van der Waals surface area contributed by atoms with Crippen LogP contribution in [0.3, 0.4) is 0 Å². The first kappa shape index (κ1) is 20.9. The topological polar surface area (TPSA) is 49.4 Å². The molecule has 1 heterocycles. The monoisotopic (exact) mass is 430 g/mol. The van der Waals surface area contributed by atoms with Crippen molar-refractivity contribution in [3.8, 4) is 0 Å². The van der Waals surface area contributed by atoms with E-state index in [2.05, 4.69) is 5.32 Å². The molecule has 2 amide bonds. The van der Waals surface area contributed by atoms with Gasteiger partial charge in [-0.05, 0) is 85.8 Å². The van der Waals surface area contributed by atoms with E-state index in [1.807, 2.05) is 58.0 Å². The molecule has 1 aliphatic rings. The molecule has 3 aromatic rings. The fourth-order valence-corrected chi connectivity index (χ4v) is 3.82. The van der Waals surface area contributed by atoms with Crippen LogP contribution in [0.25, 0.3) is 5.57 Å². The van der Waals surface area contributed by atoms with Gasteiger partial charge in [0.1, 0.15) is 5.70 Å². The average molecular weight is 431 g/mol. The van der Waals surface area contributed by atoms with E-state index in [0.29, 0.717) is 21.8 Å². The van der Waals surface area contributed by atoms with E-state index in [0.717, 1.165) is 27.9 Å². The number of aryl methyl sites for hydroxylation is 3. The first-order valence-electron chi connectivity index (χ1n) is 10.1. The van der Waals surface area contributed by atoms with E-state index in [1.54, 1.807) is 30.3 Å². The highest BCUT2D eigenvalue weighted by molar-refractivity contribution is 6.46. The summed E-state index contributed by atoms with van der Waals surface area (Å²) in [6.45, 7) is 7.93. The molecule has 0 fully saturated rings. The van der Waals surface area contributed by atoms with Crippen LogP contribution in [0, 0.1) is 27.7 Å². The van der Waals surface area contributed by atoms with Crippen molar-refractivity contribution in [3.63, 3.8) is 0 Å². The van der Waals surface area contributed by atoms with Gasteiger partial charge in [0.05, 0.1) is 11.3 Å². The molecule has 156 valence electrons. The molecule has 0 spiro atoms. The van der Waals surface area contributed by atoms with Crippen LogP contribution < -0.4 is 10.2 Å². The van der Waals surface area contributed by atoms with Gasteiger partial charge in [-0.15, -0.1) is 0 Å². The van der Waals surface area contributed by atoms with Crippen molar-refractivity contribution >= 4 is 40.4 Å². The largest absolute Gasteiger partial charge is 0.350 e. The number of carbonyl (C=O) groups is 2. The highest BCUT2D eigenvalue weighted by atomic mass is 35.5. The lowest BCUT2D eigenvalue weighted by atomic mass is 10.0. The van der Waals surface area contributed by atoms with Gasteiger partial charge in [-0.3, -0.25) is 9.59 Å². The van der Waals surface area contributed by atoms with Gasteiger partial charge in [-0.2, -0.15) is 0 Å². The molecular weight excluding hydrogens is 408 g/mol. The number of hydrogen-bond donors (Lipinski definition) is 1. The first-order valence-corrected chi connectivity index (χ1v) is 10.4. The third kappa shape index (κ3) is 3.75. The molecule has 31 heavy (non-hydrogen) atoms. The van der Waals surface area contributed by atoms with Crippen molar-refractivity contribution in [2.24, 2.45) is 0 Å². The lowest BCUT2D eigenvalue weighted by Crippen LogP contribution is -2.33. The van der Waals surface area contributed by atoms with Crippen LogP contribution in [0.5, 0.6) is 0 Å². The van der Waals surface area contributed by atoms with E-state index in [4.69, 9.17) is 11.6 Å². The molecule has 0 atom stereocenters. The predicted octanol–water partition coefficient (Wildman–Crippen LogP) is 5.97. The number of rotatable bonds is 4. The van der Waals surface area contributed by atoms with Crippen LogP contribution in [-0.4, -0.2) is 11.8 Å². The Morgan fingerprint density at radius 3 is 2.16 bits per heavy atom. The predicted molar refractivity (Wildman–Crippen MR) is 126 cm³/mol. The molecule has 0 saturated carbocycles. The van der Waals surface area contributed by atoms with Crippen LogP contribution in [-0.2, 0) is 9.59 Å². The summed E-state index contributed by atoms with van der Waals surface area (Å²) >= 11 is 6.05. The van der Waals surface area contributed by atoms with Crippen LogP contribution in [0.15, 0.2) is 66.4 Å². The Kier molecular flexibility index (Phi) is 5.42. The molecule has 0 aliphatic carbocycles. The molecule has 1 aliphatic heterocycles. The molecule has 1 N–H and O–H groups in total. The summed E-state index contributed by atoms with van der Waals surface area (Å²) in [5.74, 6) is -0.728. The Labute approximate surface area is 187 Å². The molecule has 0 unspecified atom stereocenters. The third-order valence-corrected chi connectivity index (χ3v) is 6.06. The highest BCUT2D eigenvalue weighted by Crippen LogP contribution is 2.36. The van der Waals surface area contributed by atoms with Gasteiger partial charge in [-0.25, -0.2) is 4.90 Å². The first-order chi connectivity index (χ1) is 14.8. The Bertz CT molecular complexity index is 1240. The van der Waals surface area contributed by atoms with Gasteiger partial charge >= 0.3 is 0 Å². The van der Waals surface area contributed by atoms with Gasteiger partial charge < -0.3 is 5.32 Å². The number of carbonyl (C=O) groups excluding carboxylic acids is 2. The maximum Gasteiger partial charge on any atom is 0.282 e. The second kappa shape index (κ2) is 8.05. The van der Waals surface area contributed by atoms with E-state index >= 15 is 0 Å². The summed E-state index contributed by atoms with van der Waals surface area (Å²) in [5, 5.41) is 3.79. The quantitative estimate of drug-likeness (QED) is 0.518. The number of nitrogens with zero attached hydrogens (tertiary/aromatic N) is 1. The van der Waals surface area contributed by atoms with Gasteiger partial charge in [0.25, 0.3) is 11.8 Å². The summed E-state index contributed by atoms with van der Waals surface area (Å²) in [6, 6.07) is 18.5. The van der Waals surface area contributed by atoms with Gasteiger partial charge in [0, 0.05) is 10.7 Å². The zero-order valence-electron chi connectivity index (χ0n) is 17.9. The Morgan fingerprint density at radius 1 is 0.774 bits per heavy atom. The highest BCUT2D eigenvalue weighted by Gasteiger charge is 2.40. The number of anilines is 2. The zero-order valence-corrected chi connectivity index (χ0v) is 18.7. The number of hydrogen-bond acceptors (Lipinski definition) is 3. The number of amides is 2. The maximum absolute atomic E-state index is 13.6. The molecule has 5 heteroatoms. The molecule has 0 saturated heterocycles. The SMILES string of the molecule is Cc1ccc(NC2=C(c3ccc(Cl)cc3)C(=O)N(c3cccc(C)c3C)C2=O)cc1C. The summed E-state index contributed by atoms with van der Waals surface area (Å²) in [5.41, 5.74) is 6.75. The number of nitrogens with one attached hydrogen (secondary N) is 1. The van der Waals surface area contributed by atoms with E-state index in [1.165, 1.54) is 4.90 Å². The van der Waals surface area contributed by atoms with Crippen LogP contribution in [0.4, 0.5) is 11.4 Å². The molecule has 3 aromatic carbocycles. The zero-order chi connectivity index (χ0) is 22.3. The minimum absolute atomic E-state index is 0.261. The summed E-state index contributed by atoms with van der Waals surface area (Å²) < 4.78 is 0. The Balaban J connectivity index is 1.85. The van der Waals surface area contributed by atoms with Gasteiger partial charge in [0.2, 0.25) is 0 Å². The summed E-state index contributed by atoms with van der Waals surface area (Å²) in [4.78, 5) is 28.4. The lowest BCUT2D eigenvalue weighted by Gasteiger charge is -2.19. The minimum atomic E-state index is -0.373. The smallest absolute Gasteiger partial charge is 0.282 e. The van der Waals surface area contributed by atoms with Gasteiger partial charge in [-0.1, -0.05) is 41.9 Å².